The number of carbonyl (C=O) groups is 2. The standard InChI is InChI=1S/C16H15F3N2O3/c1-9-7-11(10(2)24-9)8-20-14(22)15(23)21-13-6-4-3-5-12(13)16(17,18)19/h3-7H,8H2,1-2H3,(H,20,22)(H,21,23). The second kappa shape index (κ2) is 6.77. The van der Waals surface area contributed by atoms with Crippen LogP contribution in [0.25, 0.3) is 0 Å². The summed E-state index contributed by atoms with van der Waals surface area (Å²) in [7, 11) is 0. The summed E-state index contributed by atoms with van der Waals surface area (Å²) < 4.78 is 43.8. The third-order valence-corrected chi connectivity index (χ3v) is 3.27. The predicted molar refractivity (Wildman–Crippen MR) is 80.1 cm³/mol. The van der Waals surface area contributed by atoms with Gasteiger partial charge in [-0.15, -0.1) is 0 Å². The van der Waals surface area contributed by atoms with E-state index in [9.17, 15) is 22.8 Å². The summed E-state index contributed by atoms with van der Waals surface area (Å²) in [6.07, 6.45) is -4.63. The molecule has 5 nitrogen and oxygen atoms in total. The van der Waals surface area contributed by atoms with E-state index < -0.39 is 29.2 Å². The number of furan rings is 1. The van der Waals surface area contributed by atoms with Crippen molar-refractivity contribution >= 4 is 17.5 Å². The number of carbonyl (C=O) groups excluding carboxylic acids is 2. The number of anilines is 1. The fourth-order valence-corrected chi connectivity index (χ4v) is 2.13. The highest BCUT2D eigenvalue weighted by Gasteiger charge is 2.34. The van der Waals surface area contributed by atoms with Gasteiger partial charge < -0.3 is 15.1 Å². The van der Waals surface area contributed by atoms with Gasteiger partial charge in [-0.25, -0.2) is 0 Å². The highest BCUT2D eigenvalue weighted by molar-refractivity contribution is 6.39. The van der Waals surface area contributed by atoms with Gasteiger partial charge >= 0.3 is 18.0 Å². The van der Waals surface area contributed by atoms with E-state index in [2.05, 4.69) is 5.32 Å². The first-order valence-electron chi connectivity index (χ1n) is 7.00. The van der Waals surface area contributed by atoms with E-state index in [1.165, 1.54) is 12.1 Å². The molecule has 0 aliphatic rings. The molecule has 0 bridgehead atoms. The van der Waals surface area contributed by atoms with Gasteiger partial charge in [-0.1, -0.05) is 12.1 Å². The molecule has 0 aliphatic heterocycles. The molecule has 0 radical (unpaired) electrons. The van der Waals surface area contributed by atoms with Gasteiger partial charge in [0.15, 0.2) is 0 Å². The first-order chi connectivity index (χ1) is 11.2. The Labute approximate surface area is 135 Å². The largest absolute Gasteiger partial charge is 0.466 e. The van der Waals surface area contributed by atoms with Crippen molar-refractivity contribution in [2.24, 2.45) is 0 Å². The lowest BCUT2D eigenvalue weighted by molar-refractivity contribution is -0.138. The highest BCUT2D eigenvalue weighted by Crippen LogP contribution is 2.34. The number of rotatable bonds is 3. The van der Waals surface area contributed by atoms with Crippen LogP contribution in [0, 0.1) is 13.8 Å². The number of hydrogen-bond acceptors (Lipinski definition) is 3. The summed E-state index contributed by atoms with van der Waals surface area (Å²) in [5.41, 5.74) is -0.808. The number of nitrogens with one attached hydrogen (secondary N) is 2. The number of para-hydroxylation sites is 1. The molecule has 2 aromatic rings. The van der Waals surface area contributed by atoms with E-state index >= 15 is 0 Å². The van der Waals surface area contributed by atoms with Crippen LogP contribution in [0.15, 0.2) is 34.7 Å². The van der Waals surface area contributed by atoms with Gasteiger partial charge in [0.2, 0.25) is 0 Å². The molecule has 8 heteroatoms. The van der Waals surface area contributed by atoms with E-state index in [0.717, 1.165) is 12.1 Å². The molecule has 2 amide bonds. The predicted octanol–water partition coefficient (Wildman–Crippen LogP) is 3.17. The fourth-order valence-electron chi connectivity index (χ4n) is 2.13. The van der Waals surface area contributed by atoms with Gasteiger partial charge in [-0.05, 0) is 32.0 Å². The van der Waals surface area contributed by atoms with E-state index in [0.29, 0.717) is 17.1 Å². The number of hydrogen-bond donors (Lipinski definition) is 2. The molecule has 0 unspecified atom stereocenters. The van der Waals surface area contributed by atoms with Crippen molar-refractivity contribution in [3.05, 3.63) is 53.0 Å². The van der Waals surface area contributed by atoms with Gasteiger partial charge in [0.25, 0.3) is 0 Å². The minimum absolute atomic E-state index is 0.0380. The van der Waals surface area contributed by atoms with E-state index in [1.54, 1.807) is 19.9 Å². The maximum Gasteiger partial charge on any atom is 0.418 e. The van der Waals surface area contributed by atoms with Crippen LogP contribution in [0.4, 0.5) is 18.9 Å². The van der Waals surface area contributed by atoms with Crippen molar-refractivity contribution in [1.29, 1.82) is 0 Å². The second-order valence-corrected chi connectivity index (χ2v) is 5.12. The Hall–Kier alpha value is -2.77. The van der Waals surface area contributed by atoms with Crippen molar-refractivity contribution in [3.63, 3.8) is 0 Å². The second-order valence-electron chi connectivity index (χ2n) is 5.12. The lowest BCUT2D eigenvalue weighted by atomic mass is 10.1. The zero-order valence-corrected chi connectivity index (χ0v) is 13.0. The van der Waals surface area contributed by atoms with Crippen molar-refractivity contribution in [2.45, 2.75) is 26.6 Å². The van der Waals surface area contributed by atoms with Crippen LogP contribution < -0.4 is 10.6 Å². The quantitative estimate of drug-likeness (QED) is 0.843. The van der Waals surface area contributed by atoms with Crippen LogP contribution in [0.2, 0.25) is 0 Å². The molecule has 0 saturated heterocycles. The van der Waals surface area contributed by atoms with Crippen molar-refractivity contribution in [3.8, 4) is 0 Å². The number of halogens is 3. The number of aryl methyl sites for hydroxylation is 2. The molecule has 2 rings (SSSR count). The van der Waals surface area contributed by atoms with E-state index in [4.69, 9.17) is 4.42 Å². The van der Waals surface area contributed by atoms with Crippen LogP contribution in [0.1, 0.15) is 22.6 Å². The van der Waals surface area contributed by atoms with Crippen molar-refractivity contribution < 1.29 is 27.2 Å². The van der Waals surface area contributed by atoms with Gasteiger partial charge in [0.1, 0.15) is 11.5 Å². The molecular formula is C16H15F3N2O3. The molecule has 1 aromatic heterocycles. The topological polar surface area (TPSA) is 71.3 Å². The number of amides is 2. The Balaban J connectivity index is 2.02. The Morgan fingerprint density at radius 1 is 1.12 bits per heavy atom. The monoisotopic (exact) mass is 340 g/mol. The lowest BCUT2D eigenvalue weighted by Crippen LogP contribution is -2.35. The molecule has 0 fully saturated rings. The molecule has 0 aliphatic carbocycles. The molecular weight excluding hydrogens is 325 g/mol. The SMILES string of the molecule is Cc1cc(CNC(=O)C(=O)Nc2ccccc2C(F)(F)F)c(C)o1. The Kier molecular flexibility index (Phi) is 4.96. The number of alkyl halides is 3. The maximum absolute atomic E-state index is 12.9. The average molecular weight is 340 g/mol. The van der Waals surface area contributed by atoms with Gasteiger partial charge in [-0.3, -0.25) is 9.59 Å². The Morgan fingerprint density at radius 2 is 1.79 bits per heavy atom. The minimum Gasteiger partial charge on any atom is -0.466 e. The molecule has 2 N–H and O–H groups in total. The molecule has 128 valence electrons. The van der Waals surface area contributed by atoms with Crippen LogP contribution in [0.3, 0.4) is 0 Å². The third kappa shape index (κ3) is 4.15. The van der Waals surface area contributed by atoms with E-state index in [1.807, 2.05) is 5.32 Å². The third-order valence-electron chi connectivity index (χ3n) is 3.27. The summed E-state index contributed by atoms with van der Waals surface area (Å²) in [6, 6.07) is 6.14. The summed E-state index contributed by atoms with van der Waals surface area (Å²) in [6.45, 7) is 3.48. The number of benzene rings is 1. The fraction of sp³-hybridized carbons (Fsp3) is 0.250. The normalized spacial score (nSPS) is 11.2. The van der Waals surface area contributed by atoms with Crippen LogP contribution >= 0.6 is 0 Å². The molecule has 1 heterocycles. The van der Waals surface area contributed by atoms with Crippen molar-refractivity contribution in [1.82, 2.24) is 5.32 Å². The Morgan fingerprint density at radius 3 is 2.38 bits per heavy atom. The zero-order valence-electron chi connectivity index (χ0n) is 13.0. The van der Waals surface area contributed by atoms with Crippen molar-refractivity contribution in [2.75, 3.05) is 5.32 Å². The lowest BCUT2D eigenvalue weighted by Gasteiger charge is -2.13. The molecule has 0 atom stereocenters. The molecule has 0 spiro atoms. The van der Waals surface area contributed by atoms with Crippen LogP contribution in [-0.2, 0) is 22.3 Å². The molecule has 1 aromatic carbocycles. The van der Waals surface area contributed by atoms with Gasteiger partial charge in [-0.2, -0.15) is 13.2 Å². The molecule has 0 saturated carbocycles. The smallest absolute Gasteiger partial charge is 0.418 e. The maximum atomic E-state index is 12.9. The van der Waals surface area contributed by atoms with Crippen LogP contribution in [0.5, 0.6) is 0 Å². The minimum atomic E-state index is -4.63. The summed E-state index contributed by atoms with van der Waals surface area (Å²) in [5, 5.41) is 4.32. The Bertz CT molecular complexity index is 766. The molecule has 24 heavy (non-hydrogen) atoms. The van der Waals surface area contributed by atoms with Gasteiger partial charge in [0, 0.05) is 12.1 Å². The van der Waals surface area contributed by atoms with Crippen LogP contribution in [-0.4, -0.2) is 11.8 Å². The zero-order chi connectivity index (χ0) is 17.9. The van der Waals surface area contributed by atoms with Gasteiger partial charge in [0.05, 0.1) is 11.3 Å². The van der Waals surface area contributed by atoms with E-state index in [-0.39, 0.29) is 6.54 Å². The first-order valence-corrected chi connectivity index (χ1v) is 7.00. The average Bonchev–Trinajstić information content (AvgIpc) is 2.82. The first kappa shape index (κ1) is 17.6. The summed E-state index contributed by atoms with van der Waals surface area (Å²) >= 11 is 0. The summed E-state index contributed by atoms with van der Waals surface area (Å²) in [5.74, 6) is -0.967. The summed E-state index contributed by atoms with van der Waals surface area (Å²) in [4.78, 5) is 23.6. The highest BCUT2D eigenvalue weighted by atomic mass is 19.4.